The summed E-state index contributed by atoms with van der Waals surface area (Å²) in [5.41, 5.74) is 0. The van der Waals surface area contributed by atoms with Crippen molar-refractivity contribution in [3.8, 4) is 0 Å². The molecule has 1 unspecified atom stereocenters. The van der Waals surface area contributed by atoms with E-state index in [0.29, 0.717) is 0 Å². The van der Waals surface area contributed by atoms with Crippen LogP contribution < -0.4 is 0 Å². The monoisotopic (exact) mass is 198 g/mol. The Hall–Kier alpha value is 1.09. The molecule has 0 bridgehead atoms. The molecule has 0 nitrogen and oxygen atoms in total. The maximum atomic E-state index is 5.34. The van der Waals surface area contributed by atoms with Crippen molar-refractivity contribution in [2.75, 3.05) is 6.16 Å². The van der Waals surface area contributed by atoms with Crippen LogP contribution in [0.3, 0.4) is 0 Å². The average molecular weight is 198 g/mol. The molecule has 0 saturated heterocycles. The molecule has 0 N–H and O–H groups in total. The number of hydrogen-bond donors (Lipinski definition) is 0. The summed E-state index contributed by atoms with van der Waals surface area (Å²) in [5, 5.41) is 0. The fourth-order valence-corrected chi connectivity index (χ4v) is 0. The zero-order chi connectivity index (χ0) is 4.28. The van der Waals surface area contributed by atoms with Crippen LogP contribution in [0.5, 0.6) is 0 Å². The molecule has 0 saturated carbocycles. The van der Waals surface area contributed by atoms with Crippen LogP contribution in [0, 0.1) is 0 Å². The number of halogens is 1. The van der Waals surface area contributed by atoms with Crippen molar-refractivity contribution >= 4 is 33.9 Å². The second-order valence-corrected chi connectivity index (χ2v) is 5.87. The SMILES string of the molecule is B#P(I)CC. The van der Waals surface area contributed by atoms with Gasteiger partial charge in [-0.3, -0.25) is 0 Å². The van der Waals surface area contributed by atoms with Crippen LogP contribution in [0.25, 0.3) is 0 Å². The Morgan fingerprint density at radius 2 is 2.20 bits per heavy atom. The molecule has 0 aromatic carbocycles. The van der Waals surface area contributed by atoms with Gasteiger partial charge in [0.25, 0.3) is 0 Å². The van der Waals surface area contributed by atoms with E-state index in [4.69, 9.17) is 7.01 Å². The van der Waals surface area contributed by atoms with Gasteiger partial charge in [0, 0.05) is 0 Å². The van der Waals surface area contributed by atoms with Gasteiger partial charge in [0.1, 0.15) is 0 Å². The molecule has 0 fully saturated rings. The molecule has 1 atom stereocenters. The second kappa shape index (κ2) is 3.29. The minimum absolute atomic E-state index is 0.128. The van der Waals surface area contributed by atoms with Gasteiger partial charge in [0.15, 0.2) is 0 Å². The molecule has 0 radical (unpaired) electrons. The Bertz CT molecular complexity index is 71.5. The van der Waals surface area contributed by atoms with Crippen molar-refractivity contribution < 1.29 is 0 Å². The molecule has 0 spiro atoms. The standard InChI is InChI=1S/C2H5BIP/c1-2-5(3)4/h2H2,1H3. The molecule has 0 amide bonds. The summed E-state index contributed by atoms with van der Waals surface area (Å²) in [6.45, 7) is 2.10. The van der Waals surface area contributed by atoms with Gasteiger partial charge in [-0.05, 0) is 0 Å². The topological polar surface area (TPSA) is 0 Å². The van der Waals surface area contributed by atoms with Gasteiger partial charge in [0.2, 0.25) is 0 Å². The zero-order valence-electron chi connectivity index (χ0n) is 3.11. The molecular formula is C2H5BIP. The fourth-order valence-electron chi connectivity index (χ4n) is 0. The molecule has 0 heterocycles. The van der Waals surface area contributed by atoms with Crippen molar-refractivity contribution in [2.24, 2.45) is 0 Å². The number of hydrogen-bond acceptors (Lipinski definition) is 0. The van der Waals surface area contributed by atoms with E-state index in [1.165, 1.54) is 0 Å². The van der Waals surface area contributed by atoms with E-state index in [0.717, 1.165) is 6.16 Å². The third kappa shape index (κ3) is 5.09. The van der Waals surface area contributed by atoms with Crippen LogP contribution in [0.2, 0.25) is 0 Å². The van der Waals surface area contributed by atoms with Crippen molar-refractivity contribution in [2.45, 2.75) is 6.92 Å². The van der Waals surface area contributed by atoms with Crippen LogP contribution in [0.4, 0.5) is 0 Å². The molecule has 5 heavy (non-hydrogen) atoms. The van der Waals surface area contributed by atoms with Crippen molar-refractivity contribution in [3.63, 3.8) is 0 Å². The maximum absolute atomic E-state index is 5.34. The van der Waals surface area contributed by atoms with Crippen LogP contribution in [-0.2, 0) is 0 Å². The van der Waals surface area contributed by atoms with E-state index in [-0.39, 0.29) is 4.88 Å². The summed E-state index contributed by atoms with van der Waals surface area (Å²) in [6.07, 6.45) is 1.13. The molecule has 0 rings (SSSR count). The summed E-state index contributed by atoms with van der Waals surface area (Å²) < 4.78 is 0. The quantitative estimate of drug-likeness (QED) is 0.316. The molecular weight excluding hydrogens is 193 g/mol. The first-order valence-corrected chi connectivity index (χ1v) is 5.83. The van der Waals surface area contributed by atoms with E-state index >= 15 is 0 Å². The fraction of sp³-hybridized carbons (Fsp3) is 1.00. The van der Waals surface area contributed by atoms with Crippen LogP contribution in [0.15, 0.2) is 0 Å². The summed E-state index contributed by atoms with van der Waals surface area (Å²) in [6, 6.07) is 0. The Kier molecular flexibility index (Phi) is 4.01. The Labute approximate surface area is 47.2 Å². The van der Waals surface area contributed by atoms with Crippen molar-refractivity contribution in [1.82, 2.24) is 0 Å². The summed E-state index contributed by atoms with van der Waals surface area (Å²) >= 11 is 2.25. The number of rotatable bonds is 0. The van der Waals surface area contributed by atoms with Gasteiger partial charge in [-0.25, -0.2) is 0 Å². The molecule has 0 aromatic rings. The normalized spacial score (nSPS) is 11.6. The molecule has 3 heteroatoms. The first-order chi connectivity index (χ1) is 2.27. The van der Waals surface area contributed by atoms with Gasteiger partial charge in [0.05, 0.1) is 0 Å². The second-order valence-electron chi connectivity index (χ2n) is 0.716. The van der Waals surface area contributed by atoms with E-state index in [9.17, 15) is 0 Å². The molecule has 0 aliphatic rings. The first kappa shape index (κ1) is 6.09. The molecule has 0 aliphatic carbocycles. The van der Waals surface area contributed by atoms with E-state index in [1.807, 2.05) is 0 Å². The molecule has 0 aliphatic heterocycles. The third-order valence-corrected chi connectivity index (χ3v) is 2.95. The van der Waals surface area contributed by atoms with Gasteiger partial charge in [-0.15, -0.1) is 0 Å². The van der Waals surface area contributed by atoms with Crippen LogP contribution in [0.1, 0.15) is 6.92 Å². The Balaban J connectivity index is 2.97. The Morgan fingerprint density at radius 1 is 2.00 bits per heavy atom. The van der Waals surface area contributed by atoms with Gasteiger partial charge in [-0.2, -0.15) is 0 Å². The zero-order valence-corrected chi connectivity index (χ0v) is 6.16. The predicted octanol–water partition coefficient (Wildman–Crippen LogP) is 1.92. The van der Waals surface area contributed by atoms with Gasteiger partial charge < -0.3 is 0 Å². The summed E-state index contributed by atoms with van der Waals surface area (Å²) in [5.74, 6) is 0. The van der Waals surface area contributed by atoms with E-state index < -0.39 is 0 Å². The van der Waals surface area contributed by atoms with E-state index in [1.54, 1.807) is 0 Å². The minimum atomic E-state index is -0.128. The van der Waals surface area contributed by atoms with Gasteiger partial charge >= 0.3 is 47.0 Å². The predicted molar refractivity (Wildman–Crippen MR) is 37.2 cm³/mol. The van der Waals surface area contributed by atoms with Crippen LogP contribution in [-0.4, -0.2) is 13.2 Å². The summed E-state index contributed by atoms with van der Waals surface area (Å²) in [7, 11) is 5.34. The van der Waals surface area contributed by atoms with Crippen LogP contribution >= 0.6 is 26.9 Å². The molecule has 0 aromatic heterocycles. The third-order valence-electron chi connectivity index (χ3n) is 0.302. The Morgan fingerprint density at radius 3 is 2.20 bits per heavy atom. The first-order valence-electron chi connectivity index (χ1n) is 1.45. The van der Waals surface area contributed by atoms with Crippen molar-refractivity contribution in [1.29, 1.82) is 0 Å². The van der Waals surface area contributed by atoms with Crippen molar-refractivity contribution in [3.05, 3.63) is 0 Å². The van der Waals surface area contributed by atoms with Gasteiger partial charge in [-0.1, -0.05) is 0 Å². The summed E-state index contributed by atoms with van der Waals surface area (Å²) in [4.78, 5) is -0.128. The van der Waals surface area contributed by atoms with E-state index in [2.05, 4.69) is 29.0 Å². The molecule has 28 valence electrons. The average Bonchev–Trinajstić information content (AvgIpc) is 1.38.